The van der Waals surface area contributed by atoms with Crippen LogP contribution in [-0.4, -0.2) is 4.98 Å². The van der Waals surface area contributed by atoms with Crippen LogP contribution in [0.15, 0.2) is 66.9 Å². The molecule has 1 aromatic heterocycles. The highest BCUT2D eigenvalue weighted by Crippen LogP contribution is 2.21. The van der Waals surface area contributed by atoms with Crippen molar-refractivity contribution in [2.45, 2.75) is 27.7 Å². The van der Waals surface area contributed by atoms with Crippen LogP contribution in [0, 0.1) is 13.8 Å². The Labute approximate surface area is 139 Å². The largest absolute Gasteiger partial charge is 0.340 e. The number of benzene rings is 2. The topological polar surface area (TPSA) is 24.9 Å². The van der Waals surface area contributed by atoms with E-state index in [1.807, 2.05) is 26.1 Å². The van der Waals surface area contributed by atoms with E-state index in [4.69, 9.17) is 0 Å². The molecule has 0 radical (unpaired) electrons. The number of nitrogens with one attached hydrogen (secondary N) is 1. The van der Waals surface area contributed by atoms with E-state index in [1.54, 1.807) is 0 Å². The predicted molar refractivity (Wildman–Crippen MR) is 100 cm³/mol. The van der Waals surface area contributed by atoms with Gasteiger partial charge >= 0.3 is 0 Å². The average molecular weight is 304 g/mol. The lowest BCUT2D eigenvalue weighted by Crippen LogP contribution is -1.93. The van der Waals surface area contributed by atoms with Gasteiger partial charge in [0.25, 0.3) is 0 Å². The molecule has 3 aromatic rings. The minimum absolute atomic E-state index is 0.856. The Bertz CT molecular complexity index is 711. The number of pyridine rings is 1. The molecule has 0 amide bonds. The molecule has 2 aromatic carbocycles. The van der Waals surface area contributed by atoms with E-state index < -0.39 is 0 Å². The Balaban J connectivity index is 0.000000924. The van der Waals surface area contributed by atoms with E-state index in [-0.39, 0.29) is 0 Å². The van der Waals surface area contributed by atoms with E-state index in [1.165, 1.54) is 16.7 Å². The summed E-state index contributed by atoms with van der Waals surface area (Å²) in [5, 5.41) is 3.31. The Morgan fingerprint density at radius 1 is 0.652 bits per heavy atom. The van der Waals surface area contributed by atoms with Gasteiger partial charge in [0.15, 0.2) is 0 Å². The summed E-state index contributed by atoms with van der Waals surface area (Å²) in [5.74, 6) is 0.856. The highest BCUT2D eigenvalue weighted by atomic mass is 15.0. The standard InChI is InChI=1S/C19H18N2.C2H6/c1-14-3-7-16(8-4-14)17-9-12-19(20-13-17)21-18-10-5-15(2)6-11-18;1-2/h3-13H,1-2H3,(H,20,21);1-2H3. The van der Waals surface area contributed by atoms with Gasteiger partial charge in [-0.3, -0.25) is 0 Å². The van der Waals surface area contributed by atoms with Crippen LogP contribution < -0.4 is 5.32 Å². The summed E-state index contributed by atoms with van der Waals surface area (Å²) in [6.07, 6.45) is 1.90. The van der Waals surface area contributed by atoms with Crippen molar-refractivity contribution in [3.8, 4) is 11.1 Å². The van der Waals surface area contributed by atoms with Crippen LogP contribution >= 0.6 is 0 Å². The van der Waals surface area contributed by atoms with E-state index in [0.717, 1.165) is 17.1 Å². The maximum atomic E-state index is 4.48. The van der Waals surface area contributed by atoms with Gasteiger partial charge in [0.1, 0.15) is 5.82 Å². The lowest BCUT2D eigenvalue weighted by molar-refractivity contribution is 1.30. The molecule has 0 spiro atoms. The molecule has 2 heteroatoms. The van der Waals surface area contributed by atoms with Gasteiger partial charge in [-0.2, -0.15) is 0 Å². The van der Waals surface area contributed by atoms with Crippen LogP contribution in [0.4, 0.5) is 11.5 Å². The molecule has 23 heavy (non-hydrogen) atoms. The summed E-state index contributed by atoms with van der Waals surface area (Å²) in [6, 6.07) is 20.9. The highest BCUT2D eigenvalue weighted by Gasteiger charge is 2.00. The maximum absolute atomic E-state index is 4.48. The number of aryl methyl sites for hydroxylation is 2. The molecule has 118 valence electrons. The summed E-state index contributed by atoms with van der Waals surface area (Å²) in [6.45, 7) is 8.18. The second-order valence-electron chi connectivity index (χ2n) is 5.29. The van der Waals surface area contributed by atoms with Crippen molar-refractivity contribution >= 4 is 11.5 Å². The summed E-state index contributed by atoms with van der Waals surface area (Å²) < 4.78 is 0. The Morgan fingerprint density at radius 3 is 1.70 bits per heavy atom. The first kappa shape index (κ1) is 16.8. The van der Waals surface area contributed by atoms with Crippen LogP contribution in [0.3, 0.4) is 0 Å². The SMILES string of the molecule is CC.Cc1ccc(Nc2ccc(-c3ccc(C)cc3)cn2)cc1. The Kier molecular flexibility index (Phi) is 5.93. The minimum Gasteiger partial charge on any atom is -0.340 e. The number of anilines is 2. The monoisotopic (exact) mass is 304 g/mol. The molecule has 0 saturated carbocycles. The first-order valence-corrected chi connectivity index (χ1v) is 8.07. The summed E-state index contributed by atoms with van der Waals surface area (Å²) in [7, 11) is 0. The van der Waals surface area contributed by atoms with Crippen molar-refractivity contribution in [1.82, 2.24) is 4.98 Å². The molecule has 0 fully saturated rings. The lowest BCUT2D eigenvalue weighted by atomic mass is 10.1. The van der Waals surface area contributed by atoms with E-state index in [9.17, 15) is 0 Å². The maximum Gasteiger partial charge on any atom is 0.130 e. The van der Waals surface area contributed by atoms with E-state index >= 15 is 0 Å². The number of hydrogen-bond donors (Lipinski definition) is 1. The molecule has 0 aliphatic carbocycles. The molecule has 0 atom stereocenters. The Hall–Kier alpha value is -2.61. The molecule has 3 rings (SSSR count). The zero-order chi connectivity index (χ0) is 16.7. The number of aromatic nitrogens is 1. The molecule has 0 bridgehead atoms. The molecule has 0 aliphatic heterocycles. The quantitative estimate of drug-likeness (QED) is 0.629. The third-order valence-electron chi connectivity index (χ3n) is 3.47. The average Bonchev–Trinajstić information content (AvgIpc) is 2.60. The van der Waals surface area contributed by atoms with Crippen LogP contribution in [0.1, 0.15) is 25.0 Å². The zero-order valence-electron chi connectivity index (χ0n) is 14.3. The van der Waals surface area contributed by atoms with E-state index in [0.29, 0.717) is 0 Å². The normalized spacial score (nSPS) is 9.74. The number of nitrogens with zero attached hydrogens (tertiary/aromatic N) is 1. The van der Waals surface area contributed by atoms with Gasteiger partial charge in [0.2, 0.25) is 0 Å². The van der Waals surface area contributed by atoms with Gasteiger partial charge in [0, 0.05) is 17.4 Å². The van der Waals surface area contributed by atoms with Crippen molar-refractivity contribution in [3.05, 3.63) is 78.0 Å². The van der Waals surface area contributed by atoms with Crippen molar-refractivity contribution in [2.24, 2.45) is 0 Å². The fourth-order valence-corrected chi connectivity index (χ4v) is 2.17. The number of hydrogen-bond acceptors (Lipinski definition) is 2. The third kappa shape index (κ3) is 4.68. The first-order valence-electron chi connectivity index (χ1n) is 8.07. The number of rotatable bonds is 3. The molecule has 1 N–H and O–H groups in total. The van der Waals surface area contributed by atoms with E-state index in [2.05, 4.69) is 78.7 Å². The fourth-order valence-electron chi connectivity index (χ4n) is 2.17. The smallest absolute Gasteiger partial charge is 0.130 e. The first-order chi connectivity index (χ1) is 11.2. The highest BCUT2D eigenvalue weighted by molar-refractivity contribution is 5.65. The van der Waals surface area contributed by atoms with Crippen LogP contribution in [0.2, 0.25) is 0 Å². The van der Waals surface area contributed by atoms with Gasteiger partial charge in [-0.15, -0.1) is 0 Å². The van der Waals surface area contributed by atoms with Gasteiger partial charge in [-0.05, 0) is 43.7 Å². The fraction of sp³-hybridized carbons (Fsp3) is 0.190. The predicted octanol–water partition coefficient (Wildman–Crippen LogP) is 6.14. The van der Waals surface area contributed by atoms with Gasteiger partial charge < -0.3 is 5.32 Å². The molecule has 2 nitrogen and oxygen atoms in total. The van der Waals surface area contributed by atoms with Crippen molar-refractivity contribution in [2.75, 3.05) is 5.32 Å². The van der Waals surface area contributed by atoms with Gasteiger partial charge in [0.05, 0.1) is 0 Å². The summed E-state index contributed by atoms with van der Waals surface area (Å²) >= 11 is 0. The zero-order valence-corrected chi connectivity index (χ0v) is 14.3. The summed E-state index contributed by atoms with van der Waals surface area (Å²) in [4.78, 5) is 4.48. The molecule has 0 unspecified atom stereocenters. The van der Waals surface area contributed by atoms with Crippen LogP contribution in [-0.2, 0) is 0 Å². The molecular weight excluding hydrogens is 280 g/mol. The third-order valence-corrected chi connectivity index (χ3v) is 3.47. The van der Waals surface area contributed by atoms with Gasteiger partial charge in [-0.1, -0.05) is 61.4 Å². The molecule has 1 heterocycles. The lowest BCUT2D eigenvalue weighted by Gasteiger charge is -2.07. The van der Waals surface area contributed by atoms with Crippen molar-refractivity contribution in [1.29, 1.82) is 0 Å². The van der Waals surface area contributed by atoms with Crippen molar-refractivity contribution in [3.63, 3.8) is 0 Å². The van der Waals surface area contributed by atoms with Crippen LogP contribution in [0.5, 0.6) is 0 Å². The van der Waals surface area contributed by atoms with Crippen LogP contribution in [0.25, 0.3) is 11.1 Å². The molecule has 0 saturated heterocycles. The Morgan fingerprint density at radius 2 is 1.17 bits per heavy atom. The van der Waals surface area contributed by atoms with Crippen molar-refractivity contribution < 1.29 is 0 Å². The second kappa shape index (κ2) is 8.14. The second-order valence-corrected chi connectivity index (χ2v) is 5.29. The summed E-state index contributed by atoms with van der Waals surface area (Å²) in [5.41, 5.74) is 5.89. The molecule has 0 aliphatic rings. The minimum atomic E-state index is 0.856. The molecular formula is C21H24N2. The van der Waals surface area contributed by atoms with Gasteiger partial charge in [-0.25, -0.2) is 4.98 Å².